The van der Waals surface area contributed by atoms with Gasteiger partial charge in [0.15, 0.2) is 0 Å². The van der Waals surface area contributed by atoms with Gasteiger partial charge in [-0.3, -0.25) is 4.79 Å². The highest BCUT2D eigenvalue weighted by Gasteiger charge is 2.18. The molecule has 0 aliphatic carbocycles. The molecule has 0 radical (unpaired) electrons. The van der Waals surface area contributed by atoms with Crippen LogP contribution < -0.4 is 10.1 Å². The van der Waals surface area contributed by atoms with Crippen molar-refractivity contribution in [3.05, 3.63) is 29.8 Å². The maximum absolute atomic E-state index is 11.9. The molecule has 1 heterocycles. The van der Waals surface area contributed by atoms with Gasteiger partial charge in [0.25, 0.3) is 0 Å². The van der Waals surface area contributed by atoms with Crippen LogP contribution in [-0.4, -0.2) is 37.6 Å². The fourth-order valence-electron chi connectivity index (χ4n) is 2.35. The van der Waals surface area contributed by atoms with Gasteiger partial charge >= 0.3 is 0 Å². The van der Waals surface area contributed by atoms with Gasteiger partial charge in [-0.25, -0.2) is 0 Å². The molecule has 1 fully saturated rings. The van der Waals surface area contributed by atoms with E-state index in [-0.39, 0.29) is 11.9 Å². The minimum atomic E-state index is 0.140. The van der Waals surface area contributed by atoms with Crippen LogP contribution in [0.25, 0.3) is 0 Å². The smallest absolute Gasteiger partial charge is 0.236 e. The molecule has 0 saturated carbocycles. The molecule has 104 valence electrons. The Morgan fingerprint density at radius 3 is 2.84 bits per heavy atom. The summed E-state index contributed by atoms with van der Waals surface area (Å²) in [6.07, 6.45) is 2.27. The van der Waals surface area contributed by atoms with Crippen LogP contribution in [0.15, 0.2) is 24.3 Å². The topological polar surface area (TPSA) is 41.6 Å². The Morgan fingerprint density at radius 2 is 2.16 bits per heavy atom. The number of methoxy groups -OCH3 is 1. The summed E-state index contributed by atoms with van der Waals surface area (Å²) in [6, 6.07) is 8.07. The first-order valence-electron chi connectivity index (χ1n) is 6.86. The quantitative estimate of drug-likeness (QED) is 0.882. The molecule has 1 saturated heterocycles. The van der Waals surface area contributed by atoms with E-state index < -0.39 is 0 Å². The summed E-state index contributed by atoms with van der Waals surface area (Å²) < 4.78 is 5.21. The van der Waals surface area contributed by atoms with Gasteiger partial charge in [-0.2, -0.15) is 0 Å². The predicted octanol–water partition coefficient (Wildman–Crippen LogP) is 1.97. The molecular formula is C15H22N2O2. The zero-order valence-electron chi connectivity index (χ0n) is 11.7. The van der Waals surface area contributed by atoms with Gasteiger partial charge in [0.05, 0.1) is 13.7 Å². The molecule has 2 rings (SSSR count). The number of likely N-dealkylation sites (tertiary alicyclic amines) is 1. The second kappa shape index (κ2) is 6.57. The van der Waals surface area contributed by atoms with Crippen LogP contribution in [0.4, 0.5) is 0 Å². The summed E-state index contributed by atoms with van der Waals surface area (Å²) >= 11 is 0. The summed E-state index contributed by atoms with van der Waals surface area (Å²) in [5.41, 5.74) is 1.13. The second-order valence-corrected chi connectivity index (χ2v) is 4.97. The average molecular weight is 262 g/mol. The zero-order chi connectivity index (χ0) is 13.7. The average Bonchev–Trinajstić information content (AvgIpc) is 2.98. The standard InChI is InChI=1S/C15H22N2O2/c1-12(13-6-5-7-14(10-13)19-2)16-11-15(18)17-8-3-4-9-17/h5-7,10,12,16H,3-4,8-9,11H2,1-2H3/t12-/m0/s1. The number of benzene rings is 1. The van der Waals surface area contributed by atoms with Gasteiger partial charge < -0.3 is 15.0 Å². The number of carbonyl (C=O) groups excluding carboxylic acids is 1. The minimum Gasteiger partial charge on any atom is -0.497 e. The first-order valence-corrected chi connectivity index (χ1v) is 6.86. The highest BCUT2D eigenvalue weighted by Crippen LogP contribution is 2.18. The molecule has 1 N–H and O–H groups in total. The first kappa shape index (κ1) is 13.9. The predicted molar refractivity (Wildman–Crippen MR) is 75.2 cm³/mol. The summed E-state index contributed by atoms with van der Waals surface area (Å²) in [5.74, 6) is 1.05. The fraction of sp³-hybridized carbons (Fsp3) is 0.533. The summed E-state index contributed by atoms with van der Waals surface area (Å²) in [7, 11) is 1.66. The van der Waals surface area contributed by atoms with E-state index in [1.165, 1.54) is 0 Å². The Morgan fingerprint density at radius 1 is 1.42 bits per heavy atom. The Kier molecular flexibility index (Phi) is 4.80. The van der Waals surface area contributed by atoms with Crippen molar-refractivity contribution in [2.75, 3.05) is 26.7 Å². The van der Waals surface area contributed by atoms with Gasteiger partial charge in [-0.15, -0.1) is 0 Å². The minimum absolute atomic E-state index is 0.140. The van der Waals surface area contributed by atoms with E-state index in [4.69, 9.17) is 4.74 Å². The zero-order valence-corrected chi connectivity index (χ0v) is 11.7. The molecule has 1 aromatic rings. The number of rotatable bonds is 5. The lowest BCUT2D eigenvalue weighted by Crippen LogP contribution is -2.37. The van der Waals surface area contributed by atoms with Crippen LogP contribution in [0.2, 0.25) is 0 Å². The largest absolute Gasteiger partial charge is 0.497 e. The molecule has 0 unspecified atom stereocenters. The highest BCUT2D eigenvalue weighted by atomic mass is 16.5. The van der Waals surface area contributed by atoms with Gasteiger partial charge in [0, 0.05) is 19.1 Å². The fourth-order valence-corrected chi connectivity index (χ4v) is 2.35. The Balaban J connectivity index is 1.86. The van der Waals surface area contributed by atoms with Crippen LogP contribution in [0, 0.1) is 0 Å². The molecule has 0 spiro atoms. The summed E-state index contributed by atoms with van der Waals surface area (Å²) in [4.78, 5) is 13.9. The third-order valence-electron chi connectivity index (χ3n) is 3.61. The van der Waals surface area contributed by atoms with E-state index >= 15 is 0 Å². The molecule has 4 heteroatoms. The van der Waals surface area contributed by atoms with Crippen LogP contribution >= 0.6 is 0 Å². The molecule has 1 atom stereocenters. The van der Waals surface area contributed by atoms with Crippen molar-refractivity contribution in [1.29, 1.82) is 0 Å². The first-order chi connectivity index (χ1) is 9.20. The van der Waals surface area contributed by atoms with Gasteiger partial charge in [0.2, 0.25) is 5.91 Å². The lowest BCUT2D eigenvalue weighted by Gasteiger charge is -2.19. The lowest BCUT2D eigenvalue weighted by atomic mass is 10.1. The number of amides is 1. The van der Waals surface area contributed by atoms with Gasteiger partial charge in [-0.1, -0.05) is 12.1 Å². The van der Waals surface area contributed by atoms with Crippen molar-refractivity contribution in [3.63, 3.8) is 0 Å². The third kappa shape index (κ3) is 3.70. The molecule has 1 aliphatic heterocycles. The van der Waals surface area contributed by atoms with Crippen molar-refractivity contribution in [2.24, 2.45) is 0 Å². The summed E-state index contributed by atoms with van der Waals surface area (Å²) in [6.45, 7) is 4.28. The van der Waals surface area contributed by atoms with Crippen LogP contribution in [0.3, 0.4) is 0 Å². The number of hydrogen-bond donors (Lipinski definition) is 1. The van der Waals surface area contributed by atoms with Gasteiger partial charge in [-0.05, 0) is 37.5 Å². The van der Waals surface area contributed by atoms with Gasteiger partial charge in [0.1, 0.15) is 5.75 Å². The van der Waals surface area contributed by atoms with Crippen molar-refractivity contribution in [1.82, 2.24) is 10.2 Å². The normalized spacial score (nSPS) is 16.4. The van der Waals surface area contributed by atoms with Crippen molar-refractivity contribution >= 4 is 5.91 Å². The Labute approximate surface area is 114 Å². The van der Waals surface area contributed by atoms with E-state index in [1.807, 2.05) is 29.2 Å². The molecule has 1 aliphatic rings. The Bertz CT molecular complexity index is 428. The molecule has 0 bridgehead atoms. The molecule has 4 nitrogen and oxygen atoms in total. The van der Waals surface area contributed by atoms with Crippen LogP contribution in [0.5, 0.6) is 5.75 Å². The third-order valence-corrected chi connectivity index (χ3v) is 3.61. The number of nitrogens with zero attached hydrogens (tertiary/aromatic N) is 1. The number of ether oxygens (including phenoxy) is 1. The van der Waals surface area contributed by atoms with E-state index in [1.54, 1.807) is 7.11 Å². The molecule has 19 heavy (non-hydrogen) atoms. The maximum atomic E-state index is 11.9. The maximum Gasteiger partial charge on any atom is 0.236 e. The SMILES string of the molecule is COc1cccc([C@H](C)NCC(=O)N2CCCC2)c1. The van der Waals surface area contributed by atoms with E-state index in [2.05, 4.69) is 12.2 Å². The highest BCUT2D eigenvalue weighted by molar-refractivity contribution is 5.78. The second-order valence-electron chi connectivity index (χ2n) is 4.97. The van der Waals surface area contributed by atoms with Crippen molar-refractivity contribution < 1.29 is 9.53 Å². The number of carbonyl (C=O) groups is 1. The molecule has 0 aromatic heterocycles. The lowest BCUT2D eigenvalue weighted by molar-refractivity contribution is -0.129. The molecular weight excluding hydrogens is 240 g/mol. The number of nitrogens with one attached hydrogen (secondary N) is 1. The van der Waals surface area contributed by atoms with E-state index in [0.717, 1.165) is 37.2 Å². The number of hydrogen-bond acceptors (Lipinski definition) is 3. The summed E-state index contributed by atoms with van der Waals surface area (Å²) in [5, 5.41) is 3.28. The van der Waals surface area contributed by atoms with Crippen molar-refractivity contribution in [3.8, 4) is 5.75 Å². The van der Waals surface area contributed by atoms with Crippen molar-refractivity contribution in [2.45, 2.75) is 25.8 Å². The molecule has 1 amide bonds. The van der Waals surface area contributed by atoms with E-state index in [9.17, 15) is 4.79 Å². The Hall–Kier alpha value is -1.55. The monoisotopic (exact) mass is 262 g/mol. The van der Waals surface area contributed by atoms with Crippen LogP contribution in [-0.2, 0) is 4.79 Å². The van der Waals surface area contributed by atoms with Crippen LogP contribution in [0.1, 0.15) is 31.4 Å². The van der Waals surface area contributed by atoms with E-state index in [0.29, 0.717) is 6.54 Å². The molecule has 1 aromatic carbocycles.